The molecule has 3 rings (SSSR count). The molecule has 1 aliphatic rings. The fraction of sp³-hybridized carbons (Fsp3) is 0.500. The highest BCUT2D eigenvalue weighted by atomic mass is 16.5. The average molecular weight is 305 g/mol. The number of carbonyl (C=O) groups excluding carboxylic acids is 1. The lowest BCUT2D eigenvalue weighted by molar-refractivity contribution is 0.0865. The molecule has 0 spiro atoms. The zero-order valence-electron chi connectivity index (χ0n) is 12.7. The average Bonchev–Trinajstić information content (AvgIpc) is 2.89. The predicted octanol–water partition coefficient (Wildman–Crippen LogP) is 0.208. The van der Waals surface area contributed by atoms with Crippen molar-refractivity contribution in [3.05, 3.63) is 23.8 Å². The fourth-order valence-electron chi connectivity index (χ4n) is 2.57. The summed E-state index contributed by atoms with van der Waals surface area (Å²) in [6.07, 6.45) is 3.44. The van der Waals surface area contributed by atoms with E-state index in [1.807, 2.05) is 6.92 Å². The van der Waals surface area contributed by atoms with Gasteiger partial charge in [-0.3, -0.25) is 9.20 Å². The third kappa shape index (κ3) is 2.62. The molecule has 0 saturated carbocycles. The summed E-state index contributed by atoms with van der Waals surface area (Å²) in [6, 6.07) is 0. The lowest BCUT2D eigenvalue weighted by atomic mass is 10.3. The second kappa shape index (κ2) is 6.29. The highest BCUT2D eigenvalue weighted by molar-refractivity contribution is 5.95. The van der Waals surface area contributed by atoms with E-state index in [-0.39, 0.29) is 12.6 Å². The molecule has 22 heavy (non-hydrogen) atoms. The van der Waals surface area contributed by atoms with Crippen LogP contribution < -0.4 is 10.2 Å². The molecule has 3 heterocycles. The van der Waals surface area contributed by atoms with Gasteiger partial charge in [-0.15, -0.1) is 0 Å². The molecule has 118 valence electrons. The number of fused-ring (bicyclic) bond motifs is 1. The normalized spacial score (nSPS) is 15.3. The lowest BCUT2D eigenvalue weighted by Gasteiger charge is -2.27. The fourth-order valence-corrected chi connectivity index (χ4v) is 2.57. The van der Waals surface area contributed by atoms with Gasteiger partial charge in [0.2, 0.25) is 0 Å². The van der Waals surface area contributed by atoms with Gasteiger partial charge in [0.25, 0.3) is 5.91 Å². The van der Waals surface area contributed by atoms with Gasteiger partial charge in [0.15, 0.2) is 11.5 Å². The number of imidazole rings is 1. The predicted molar refractivity (Wildman–Crippen MR) is 80.1 cm³/mol. The van der Waals surface area contributed by atoms with E-state index >= 15 is 0 Å². The van der Waals surface area contributed by atoms with Crippen molar-refractivity contribution in [2.75, 3.05) is 45.0 Å². The molecule has 2 aromatic heterocycles. The van der Waals surface area contributed by atoms with Crippen molar-refractivity contribution in [1.82, 2.24) is 19.7 Å². The molecule has 2 aromatic rings. The van der Waals surface area contributed by atoms with Crippen LogP contribution in [-0.2, 0) is 9.47 Å². The van der Waals surface area contributed by atoms with Crippen molar-refractivity contribution >= 4 is 17.4 Å². The Morgan fingerprint density at radius 2 is 2.23 bits per heavy atom. The zero-order chi connectivity index (χ0) is 15.5. The van der Waals surface area contributed by atoms with Gasteiger partial charge in [-0.05, 0) is 6.92 Å². The second-order valence-corrected chi connectivity index (χ2v) is 5.03. The van der Waals surface area contributed by atoms with E-state index in [0.717, 1.165) is 18.9 Å². The van der Waals surface area contributed by atoms with Crippen molar-refractivity contribution in [3.8, 4) is 0 Å². The molecule has 0 bridgehead atoms. The molecule has 8 nitrogen and oxygen atoms in total. The summed E-state index contributed by atoms with van der Waals surface area (Å²) in [7, 11) is 1.53. The minimum absolute atomic E-state index is 0.160. The van der Waals surface area contributed by atoms with E-state index in [4.69, 9.17) is 9.47 Å². The Bertz CT molecular complexity index is 678. The number of rotatable bonds is 4. The Hall–Kier alpha value is -2.19. The monoisotopic (exact) mass is 305 g/mol. The standard InChI is InChI=1S/C14H19N5O3/c1-10-11(14(20)16-9-21-2)19-4-3-15-12(13(19)17-10)18-5-7-22-8-6-18/h3-4H,5-9H2,1-2H3,(H,16,20). The maximum Gasteiger partial charge on any atom is 0.271 e. The summed E-state index contributed by atoms with van der Waals surface area (Å²) in [5, 5.41) is 2.69. The van der Waals surface area contributed by atoms with Crippen molar-refractivity contribution in [2.24, 2.45) is 0 Å². The first-order valence-corrected chi connectivity index (χ1v) is 7.16. The molecule has 8 heteroatoms. The van der Waals surface area contributed by atoms with Gasteiger partial charge in [0, 0.05) is 32.6 Å². The van der Waals surface area contributed by atoms with Crippen LogP contribution in [0.15, 0.2) is 12.4 Å². The molecule has 0 radical (unpaired) electrons. The Balaban J connectivity index is 2.01. The van der Waals surface area contributed by atoms with Gasteiger partial charge in [0.05, 0.1) is 18.9 Å². The Labute approximate surface area is 128 Å². The van der Waals surface area contributed by atoms with Crippen molar-refractivity contribution in [3.63, 3.8) is 0 Å². The van der Waals surface area contributed by atoms with Crippen molar-refractivity contribution in [2.45, 2.75) is 6.92 Å². The highest BCUT2D eigenvalue weighted by Crippen LogP contribution is 2.21. The number of aryl methyl sites for hydroxylation is 1. The third-order valence-electron chi connectivity index (χ3n) is 3.60. The van der Waals surface area contributed by atoms with Crippen LogP contribution >= 0.6 is 0 Å². The number of methoxy groups -OCH3 is 1. The van der Waals surface area contributed by atoms with Crippen molar-refractivity contribution < 1.29 is 14.3 Å². The van der Waals surface area contributed by atoms with Gasteiger partial charge in [-0.2, -0.15) is 0 Å². The van der Waals surface area contributed by atoms with Crippen LogP contribution in [0.1, 0.15) is 16.2 Å². The van der Waals surface area contributed by atoms with Gasteiger partial charge in [-0.1, -0.05) is 0 Å². The van der Waals surface area contributed by atoms with Crippen LogP contribution in [0.25, 0.3) is 5.65 Å². The number of anilines is 1. The van der Waals surface area contributed by atoms with Crippen molar-refractivity contribution in [1.29, 1.82) is 0 Å². The smallest absolute Gasteiger partial charge is 0.271 e. The largest absolute Gasteiger partial charge is 0.378 e. The van der Waals surface area contributed by atoms with E-state index in [1.165, 1.54) is 7.11 Å². The van der Waals surface area contributed by atoms with Crippen LogP contribution in [-0.4, -0.2) is 60.4 Å². The zero-order valence-corrected chi connectivity index (χ0v) is 12.7. The quantitative estimate of drug-likeness (QED) is 0.813. The number of nitrogens with zero attached hydrogens (tertiary/aromatic N) is 4. The number of carbonyl (C=O) groups is 1. The molecule has 0 aliphatic carbocycles. The van der Waals surface area contributed by atoms with Crippen LogP contribution in [0.2, 0.25) is 0 Å². The van der Waals surface area contributed by atoms with E-state index in [0.29, 0.717) is 30.2 Å². The first kappa shape index (κ1) is 14.7. The summed E-state index contributed by atoms with van der Waals surface area (Å²) in [6.45, 7) is 4.85. The topological polar surface area (TPSA) is 81.0 Å². The van der Waals surface area contributed by atoms with Crippen LogP contribution in [0.3, 0.4) is 0 Å². The van der Waals surface area contributed by atoms with Crippen LogP contribution in [0.5, 0.6) is 0 Å². The summed E-state index contributed by atoms with van der Waals surface area (Å²) in [5.74, 6) is 0.561. The van der Waals surface area contributed by atoms with Crippen LogP contribution in [0.4, 0.5) is 5.82 Å². The SMILES string of the molecule is COCNC(=O)c1c(C)nc2c(N3CCOCC3)nccn12. The Morgan fingerprint density at radius 3 is 2.95 bits per heavy atom. The van der Waals surface area contributed by atoms with E-state index in [9.17, 15) is 4.79 Å². The van der Waals surface area contributed by atoms with Crippen LogP contribution in [0, 0.1) is 6.92 Å². The molecular formula is C14H19N5O3. The molecule has 0 atom stereocenters. The van der Waals surface area contributed by atoms with E-state index < -0.39 is 0 Å². The Morgan fingerprint density at radius 1 is 1.45 bits per heavy atom. The number of ether oxygens (including phenoxy) is 2. The highest BCUT2D eigenvalue weighted by Gasteiger charge is 2.22. The van der Waals surface area contributed by atoms with E-state index in [1.54, 1.807) is 16.8 Å². The van der Waals surface area contributed by atoms with Gasteiger partial charge in [0.1, 0.15) is 12.4 Å². The number of hydrogen-bond acceptors (Lipinski definition) is 6. The number of morpholine rings is 1. The molecular weight excluding hydrogens is 286 g/mol. The number of aromatic nitrogens is 3. The summed E-state index contributed by atoms with van der Waals surface area (Å²) in [4.78, 5) is 23.4. The second-order valence-electron chi connectivity index (χ2n) is 5.03. The van der Waals surface area contributed by atoms with Gasteiger partial charge in [-0.25, -0.2) is 9.97 Å². The minimum Gasteiger partial charge on any atom is -0.378 e. The number of nitrogens with one attached hydrogen (secondary N) is 1. The summed E-state index contributed by atoms with van der Waals surface area (Å²) in [5.41, 5.74) is 1.85. The number of hydrogen-bond donors (Lipinski definition) is 1. The maximum absolute atomic E-state index is 12.3. The molecule has 1 fully saturated rings. The lowest BCUT2D eigenvalue weighted by Crippen LogP contribution is -2.37. The number of amides is 1. The molecule has 1 N–H and O–H groups in total. The van der Waals surface area contributed by atoms with E-state index in [2.05, 4.69) is 20.2 Å². The molecule has 0 aromatic carbocycles. The van der Waals surface area contributed by atoms with Gasteiger partial charge >= 0.3 is 0 Å². The first-order chi connectivity index (χ1) is 10.7. The summed E-state index contributed by atoms with van der Waals surface area (Å²) < 4.78 is 12.0. The van der Waals surface area contributed by atoms with Gasteiger partial charge < -0.3 is 19.7 Å². The minimum atomic E-state index is -0.217. The molecule has 1 saturated heterocycles. The third-order valence-corrected chi connectivity index (χ3v) is 3.60. The summed E-state index contributed by atoms with van der Waals surface area (Å²) >= 11 is 0. The first-order valence-electron chi connectivity index (χ1n) is 7.16. The molecule has 0 unspecified atom stereocenters. The molecule has 1 amide bonds. The maximum atomic E-state index is 12.3. The molecule has 1 aliphatic heterocycles. The Kier molecular flexibility index (Phi) is 4.21.